The molecule has 0 bridgehead atoms. The fourth-order valence-corrected chi connectivity index (χ4v) is 3.82. The lowest BCUT2D eigenvalue weighted by atomic mass is 9.95. The van der Waals surface area contributed by atoms with Gasteiger partial charge in [0.25, 0.3) is 0 Å². The first kappa shape index (κ1) is 25.0. The molecule has 0 aliphatic rings. The SMILES string of the molecule is CCCCCCCCC(CC)CNCC(CC)CCCCCCCC. The molecule has 0 amide bonds. The minimum Gasteiger partial charge on any atom is -0.316 e. The van der Waals surface area contributed by atoms with Crippen LogP contribution in [0.5, 0.6) is 0 Å². The van der Waals surface area contributed by atoms with Crippen molar-refractivity contribution in [1.82, 2.24) is 5.32 Å². The number of hydrogen-bond donors (Lipinski definition) is 1. The molecular weight excluding hydrogens is 302 g/mol. The van der Waals surface area contributed by atoms with Crippen LogP contribution in [0.4, 0.5) is 0 Å². The number of nitrogens with one attached hydrogen (secondary N) is 1. The van der Waals surface area contributed by atoms with Crippen LogP contribution in [-0.4, -0.2) is 13.1 Å². The summed E-state index contributed by atoms with van der Waals surface area (Å²) in [6.07, 6.45) is 22.7. The van der Waals surface area contributed by atoms with Gasteiger partial charge in [0, 0.05) is 0 Å². The Morgan fingerprint density at radius 1 is 0.480 bits per heavy atom. The van der Waals surface area contributed by atoms with Crippen LogP contribution in [0, 0.1) is 11.8 Å². The zero-order valence-electron chi connectivity index (χ0n) is 18.4. The van der Waals surface area contributed by atoms with E-state index in [4.69, 9.17) is 0 Å². The van der Waals surface area contributed by atoms with Crippen molar-refractivity contribution >= 4 is 0 Å². The van der Waals surface area contributed by atoms with Crippen LogP contribution in [-0.2, 0) is 0 Å². The molecule has 0 aromatic carbocycles. The van der Waals surface area contributed by atoms with Crippen molar-refractivity contribution in [2.45, 2.75) is 130 Å². The summed E-state index contributed by atoms with van der Waals surface area (Å²) in [7, 11) is 0. The lowest BCUT2D eigenvalue weighted by Gasteiger charge is -2.19. The largest absolute Gasteiger partial charge is 0.316 e. The van der Waals surface area contributed by atoms with E-state index < -0.39 is 0 Å². The maximum Gasteiger partial charge on any atom is -0.00205 e. The Labute approximate surface area is 161 Å². The first-order valence-corrected chi connectivity index (χ1v) is 12.0. The quantitative estimate of drug-likeness (QED) is 0.218. The third kappa shape index (κ3) is 17.1. The highest BCUT2D eigenvalue weighted by Gasteiger charge is 2.09. The van der Waals surface area contributed by atoms with Crippen LogP contribution in [0.3, 0.4) is 0 Å². The van der Waals surface area contributed by atoms with E-state index in [0.29, 0.717) is 0 Å². The lowest BCUT2D eigenvalue weighted by molar-refractivity contribution is 0.366. The standard InChI is InChI=1S/C24H51N/c1-5-9-11-13-15-17-19-23(7-3)21-25-22-24(8-4)20-18-16-14-12-10-6-2/h23-25H,5-22H2,1-4H3. The Morgan fingerprint density at radius 3 is 1.20 bits per heavy atom. The summed E-state index contributed by atoms with van der Waals surface area (Å²) in [5.74, 6) is 1.80. The first-order chi connectivity index (χ1) is 12.3. The number of rotatable bonds is 20. The van der Waals surface area contributed by atoms with Gasteiger partial charge in [-0.1, -0.05) is 118 Å². The van der Waals surface area contributed by atoms with Gasteiger partial charge in [0.05, 0.1) is 0 Å². The fourth-order valence-electron chi connectivity index (χ4n) is 3.82. The Balaban J connectivity index is 3.62. The van der Waals surface area contributed by atoms with Crippen LogP contribution in [0.2, 0.25) is 0 Å². The predicted molar refractivity (Wildman–Crippen MR) is 116 cm³/mol. The monoisotopic (exact) mass is 353 g/mol. The zero-order chi connectivity index (χ0) is 18.6. The summed E-state index contributed by atoms with van der Waals surface area (Å²) in [6.45, 7) is 11.8. The van der Waals surface area contributed by atoms with Crippen LogP contribution < -0.4 is 5.32 Å². The molecule has 0 aromatic heterocycles. The maximum absolute atomic E-state index is 3.81. The van der Waals surface area contributed by atoms with Gasteiger partial charge < -0.3 is 5.32 Å². The normalized spacial score (nSPS) is 13.9. The second-order valence-corrected chi connectivity index (χ2v) is 8.32. The minimum absolute atomic E-state index is 0.901. The summed E-state index contributed by atoms with van der Waals surface area (Å²) in [5, 5.41) is 3.81. The van der Waals surface area contributed by atoms with E-state index in [1.54, 1.807) is 0 Å². The molecular formula is C24H51N. The highest BCUT2D eigenvalue weighted by atomic mass is 14.9. The van der Waals surface area contributed by atoms with E-state index in [0.717, 1.165) is 11.8 Å². The van der Waals surface area contributed by atoms with Crippen molar-refractivity contribution < 1.29 is 0 Å². The molecule has 0 fully saturated rings. The molecule has 152 valence electrons. The van der Waals surface area contributed by atoms with E-state index in [9.17, 15) is 0 Å². The van der Waals surface area contributed by atoms with Crippen LogP contribution in [0.25, 0.3) is 0 Å². The highest BCUT2D eigenvalue weighted by molar-refractivity contribution is 4.66. The first-order valence-electron chi connectivity index (χ1n) is 12.0. The van der Waals surface area contributed by atoms with Gasteiger partial charge >= 0.3 is 0 Å². The van der Waals surface area contributed by atoms with E-state index in [2.05, 4.69) is 33.0 Å². The Bertz CT molecular complexity index is 214. The van der Waals surface area contributed by atoms with Crippen molar-refractivity contribution in [1.29, 1.82) is 0 Å². The molecule has 0 heterocycles. The van der Waals surface area contributed by atoms with Gasteiger partial charge in [-0.3, -0.25) is 0 Å². The Hall–Kier alpha value is -0.0400. The maximum atomic E-state index is 3.81. The van der Waals surface area contributed by atoms with Gasteiger partial charge in [-0.05, 0) is 37.8 Å². The molecule has 0 saturated heterocycles. The van der Waals surface area contributed by atoms with Crippen LogP contribution >= 0.6 is 0 Å². The molecule has 0 radical (unpaired) electrons. The number of hydrogen-bond acceptors (Lipinski definition) is 1. The van der Waals surface area contributed by atoms with Crippen LogP contribution in [0.1, 0.15) is 130 Å². The van der Waals surface area contributed by atoms with Crippen LogP contribution in [0.15, 0.2) is 0 Å². The molecule has 25 heavy (non-hydrogen) atoms. The molecule has 1 nitrogen and oxygen atoms in total. The fraction of sp³-hybridized carbons (Fsp3) is 1.00. The summed E-state index contributed by atoms with van der Waals surface area (Å²) in [6, 6.07) is 0. The number of unbranched alkanes of at least 4 members (excludes halogenated alkanes) is 10. The van der Waals surface area contributed by atoms with Gasteiger partial charge in [0.15, 0.2) is 0 Å². The molecule has 0 aromatic rings. The molecule has 0 saturated carbocycles. The summed E-state index contributed by atoms with van der Waals surface area (Å²) in [4.78, 5) is 0. The second kappa shape index (κ2) is 20.3. The minimum atomic E-state index is 0.901. The molecule has 0 spiro atoms. The molecule has 0 rings (SSSR count). The van der Waals surface area contributed by atoms with Crippen molar-refractivity contribution in [2.24, 2.45) is 11.8 Å². The molecule has 0 aliphatic carbocycles. The average molecular weight is 354 g/mol. The molecule has 2 atom stereocenters. The van der Waals surface area contributed by atoms with E-state index in [1.807, 2.05) is 0 Å². The van der Waals surface area contributed by atoms with E-state index in [1.165, 1.54) is 116 Å². The van der Waals surface area contributed by atoms with Crippen molar-refractivity contribution in [3.05, 3.63) is 0 Å². The molecule has 1 N–H and O–H groups in total. The van der Waals surface area contributed by atoms with Gasteiger partial charge in [0.2, 0.25) is 0 Å². The van der Waals surface area contributed by atoms with Crippen molar-refractivity contribution in [3.8, 4) is 0 Å². The highest BCUT2D eigenvalue weighted by Crippen LogP contribution is 2.17. The van der Waals surface area contributed by atoms with Crippen molar-refractivity contribution in [2.75, 3.05) is 13.1 Å². The van der Waals surface area contributed by atoms with Crippen molar-refractivity contribution in [3.63, 3.8) is 0 Å². The predicted octanol–water partition coefficient (Wildman–Crippen LogP) is 8.13. The topological polar surface area (TPSA) is 12.0 Å². The van der Waals surface area contributed by atoms with Gasteiger partial charge in [-0.15, -0.1) is 0 Å². The van der Waals surface area contributed by atoms with E-state index in [-0.39, 0.29) is 0 Å². The Morgan fingerprint density at radius 2 is 0.840 bits per heavy atom. The molecule has 1 heteroatoms. The molecule has 0 aliphatic heterocycles. The summed E-state index contributed by atoms with van der Waals surface area (Å²) >= 11 is 0. The summed E-state index contributed by atoms with van der Waals surface area (Å²) < 4.78 is 0. The molecule has 2 unspecified atom stereocenters. The lowest BCUT2D eigenvalue weighted by Crippen LogP contribution is -2.28. The smallest absolute Gasteiger partial charge is 0.00205 e. The third-order valence-electron chi connectivity index (χ3n) is 5.95. The Kier molecular flexibility index (Phi) is 20.2. The van der Waals surface area contributed by atoms with E-state index >= 15 is 0 Å². The average Bonchev–Trinajstić information content (AvgIpc) is 2.64. The zero-order valence-corrected chi connectivity index (χ0v) is 18.4. The van der Waals surface area contributed by atoms with Gasteiger partial charge in [-0.2, -0.15) is 0 Å². The summed E-state index contributed by atoms with van der Waals surface area (Å²) in [5.41, 5.74) is 0. The third-order valence-corrected chi connectivity index (χ3v) is 5.95. The second-order valence-electron chi connectivity index (χ2n) is 8.32. The van der Waals surface area contributed by atoms with Gasteiger partial charge in [-0.25, -0.2) is 0 Å². The van der Waals surface area contributed by atoms with Gasteiger partial charge in [0.1, 0.15) is 0 Å².